The van der Waals surface area contributed by atoms with Crippen LogP contribution in [0.2, 0.25) is 10.0 Å². The Labute approximate surface area is 154 Å². The number of aliphatic imine (C=N–C) groups is 2. The first-order valence-corrected chi connectivity index (χ1v) is 9.04. The number of guanidine groups is 2. The van der Waals surface area contributed by atoms with Gasteiger partial charge in [0, 0.05) is 0 Å². The highest BCUT2D eigenvalue weighted by Gasteiger charge is 2.11. The minimum Gasteiger partial charge on any atom is -0.370 e. The first-order valence-electron chi connectivity index (χ1n) is 8.29. The van der Waals surface area contributed by atoms with Gasteiger partial charge in [-0.2, -0.15) is 4.99 Å². The van der Waals surface area contributed by atoms with Crippen LogP contribution in [-0.4, -0.2) is 18.0 Å². The van der Waals surface area contributed by atoms with E-state index in [2.05, 4.69) is 16.9 Å². The van der Waals surface area contributed by atoms with Crippen LogP contribution in [0.1, 0.15) is 51.0 Å². The molecule has 1 aromatic rings. The summed E-state index contributed by atoms with van der Waals surface area (Å²) < 4.78 is 0. The van der Waals surface area contributed by atoms with E-state index < -0.39 is 0 Å². The van der Waals surface area contributed by atoms with Crippen LogP contribution in [0.15, 0.2) is 28.2 Å². The largest absolute Gasteiger partial charge is 0.370 e. The topological polar surface area (TPSA) is 103 Å². The maximum atomic E-state index is 6.09. The zero-order chi connectivity index (χ0) is 17.9. The average molecular weight is 372 g/mol. The number of nitrogens with two attached hydrogens (primary N) is 3. The lowest BCUT2D eigenvalue weighted by Gasteiger charge is -2.14. The van der Waals surface area contributed by atoms with Crippen LogP contribution in [0.3, 0.4) is 0 Å². The van der Waals surface area contributed by atoms with E-state index in [0.717, 1.165) is 18.4 Å². The molecule has 1 unspecified atom stereocenters. The first kappa shape index (κ1) is 20.6. The number of nitrogens with zero attached hydrogens (tertiary/aromatic N) is 2. The smallest absolute Gasteiger partial charge is 0.218 e. The summed E-state index contributed by atoms with van der Waals surface area (Å²) in [6.45, 7) is 2.20. The summed E-state index contributed by atoms with van der Waals surface area (Å²) in [4.78, 5) is 8.25. The molecule has 7 heteroatoms. The number of hydrogen-bond donors (Lipinski definition) is 3. The van der Waals surface area contributed by atoms with E-state index in [9.17, 15) is 0 Å². The van der Waals surface area contributed by atoms with E-state index in [-0.39, 0.29) is 18.0 Å². The number of rotatable bonds is 9. The summed E-state index contributed by atoms with van der Waals surface area (Å²) in [5.74, 6) is 0.0149. The highest BCUT2D eigenvalue weighted by molar-refractivity contribution is 6.42. The van der Waals surface area contributed by atoms with E-state index in [1.54, 1.807) is 6.07 Å². The molecule has 0 aliphatic rings. The molecule has 0 aliphatic carbocycles. The second-order valence-corrected chi connectivity index (χ2v) is 6.65. The molecule has 24 heavy (non-hydrogen) atoms. The van der Waals surface area contributed by atoms with Crippen molar-refractivity contribution in [3.63, 3.8) is 0 Å². The van der Waals surface area contributed by atoms with Crippen molar-refractivity contribution in [2.45, 2.75) is 57.9 Å². The fourth-order valence-electron chi connectivity index (χ4n) is 2.48. The molecule has 0 amide bonds. The number of benzene rings is 1. The zero-order valence-electron chi connectivity index (χ0n) is 14.1. The second kappa shape index (κ2) is 11.2. The Kier molecular flexibility index (Phi) is 9.57. The van der Waals surface area contributed by atoms with Crippen molar-refractivity contribution in [3.8, 4) is 0 Å². The van der Waals surface area contributed by atoms with Gasteiger partial charge in [-0.15, -0.1) is 0 Å². The van der Waals surface area contributed by atoms with Gasteiger partial charge in [-0.1, -0.05) is 68.3 Å². The molecular formula is C17H27Cl2N5. The van der Waals surface area contributed by atoms with Crippen LogP contribution >= 0.6 is 23.2 Å². The van der Waals surface area contributed by atoms with Crippen LogP contribution in [0.4, 0.5) is 0 Å². The lowest BCUT2D eigenvalue weighted by Crippen LogP contribution is -2.27. The van der Waals surface area contributed by atoms with Crippen molar-refractivity contribution >= 4 is 35.1 Å². The van der Waals surface area contributed by atoms with Crippen molar-refractivity contribution < 1.29 is 0 Å². The van der Waals surface area contributed by atoms with Crippen LogP contribution in [0.5, 0.6) is 0 Å². The quantitative estimate of drug-likeness (QED) is 0.348. The molecular weight excluding hydrogens is 345 g/mol. The molecule has 0 heterocycles. The Balaban J connectivity index is 2.75. The first-order chi connectivity index (χ1) is 11.4. The van der Waals surface area contributed by atoms with Crippen molar-refractivity contribution in [3.05, 3.63) is 33.8 Å². The Morgan fingerprint density at radius 3 is 2.38 bits per heavy atom. The molecule has 0 bridgehead atoms. The summed E-state index contributed by atoms with van der Waals surface area (Å²) >= 11 is 12.1. The summed E-state index contributed by atoms with van der Waals surface area (Å²) in [5.41, 5.74) is 17.5. The SMILES string of the molecule is CCCCCCCC(Cc1ccc(Cl)c(Cl)c1)N=C(N)N=C(N)N. The van der Waals surface area contributed by atoms with Gasteiger partial charge < -0.3 is 17.2 Å². The molecule has 0 saturated carbocycles. The van der Waals surface area contributed by atoms with E-state index in [1.807, 2.05) is 12.1 Å². The van der Waals surface area contributed by atoms with Crippen molar-refractivity contribution in [2.24, 2.45) is 27.2 Å². The van der Waals surface area contributed by atoms with Gasteiger partial charge in [0.05, 0.1) is 16.1 Å². The summed E-state index contributed by atoms with van der Waals surface area (Å²) in [6, 6.07) is 5.61. The summed E-state index contributed by atoms with van der Waals surface area (Å²) in [7, 11) is 0. The van der Waals surface area contributed by atoms with Crippen LogP contribution < -0.4 is 17.2 Å². The minimum atomic E-state index is -0.0903. The van der Waals surface area contributed by atoms with E-state index in [4.69, 9.17) is 40.4 Å². The van der Waals surface area contributed by atoms with E-state index >= 15 is 0 Å². The van der Waals surface area contributed by atoms with Crippen LogP contribution in [0.25, 0.3) is 0 Å². The fraction of sp³-hybridized carbons (Fsp3) is 0.529. The molecule has 5 nitrogen and oxygen atoms in total. The molecule has 0 aromatic heterocycles. The predicted octanol–water partition coefficient (Wildman–Crippen LogP) is 3.85. The third kappa shape index (κ3) is 8.41. The molecule has 0 aliphatic heterocycles. The van der Waals surface area contributed by atoms with Crippen molar-refractivity contribution in [1.82, 2.24) is 0 Å². The van der Waals surface area contributed by atoms with Gasteiger partial charge in [-0.25, -0.2) is 4.99 Å². The minimum absolute atomic E-state index is 0.00645. The van der Waals surface area contributed by atoms with Gasteiger partial charge in [-0.3, -0.25) is 0 Å². The van der Waals surface area contributed by atoms with E-state index in [1.165, 1.54) is 25.7 Å². The van der Waals surface area contributed by atoms with Crippen molar-refractivity contribution in [1.29, 1.82) is 0 Å². The van der Waals surface area contributed by atoms with Crippen molar-refractivity contribution in [2.75, 3.05) is 0 Å². The molecule has 0 spiro atoms. The monoisotopic (exact) mass is 371 g/mol. The molecule has 0 fully saturated rings. The average Bonchev–Trinajstić information content (AvgIpc) is 2.49. The van der Waals surface area contributed by atoms with Gasteiger partial charge in [0.2, 0.25) is 5.96 Å². The van der Waals surface area contributed by atoms with Gasteiger partial charge >= 0.3 is 0 Å². The maximum absolute atomic E-state index is 6.09. The third-order valence-corrected chi connectivity index (χ3v) is 4.39. The molecule has 1 aromatic carbocycles. The second-order valence-electron chi connectivity index (χ2n) is 5.83. The highest BCUT2D eigenvalue weighted by Crippen LogP contribution is 2.24. The normalized spacial score (nSPS) is 12.9. The molecule has 6 N–H and O–H groups in total. The lowest BCUT2D eigenvalue weighted by molar-refractivity contribution is 0.539. The molecule has 1 rings (SSSR count). The standard InChI is InChI=1S/C17H27Cl2N5/c1-2-3-4-5-6-7-13(23-17(22)24-16(20)21)10-12-8-9-14(18)15(19)11-12/h8-9,11,13H,2-7,10H2,1H3,(H6,20,21,22,23,24). The van der Waals surface area contributed by atoms with Gasteiger partial charge in [0.15, 0.2) is 5.96 Å². The zero-order valence-corrected chi connectivity index (χ0v) is 15.7. The van der Waals surface area contributed by atoms with E-state index in [0.29, 0.717) is 16.5 Å². The van der Waals surface area contributed by atoms with Gasteiger partial charge in [0.25, 0.3) is 0 Å². The lowest BCUT2D eigenvalue weighted by atomic mass is 10.0. The Morgan fingerprint density at radius 2 is 1.75 bits per heavy atom. The summed E-state index contributed by atoms with van der Waals surface area (Å²) in [5, 5.41) is 1.08. The molecule has 0 radical (unpaired) electrons. The Morgan fingerprint density at radius 1 is 1.04 bits per heavy atom. The maximum Gasteiger partial charge on any atom is 0.218 e. The number of hydrogen-bond acceptors (Lipinski definition) is 1. The summed E-state index contributed by atoms with van der Waals surface area (Å²) in [6.07, 6.45) is 7.63. The van der Waals surface area contributed by atoms with Gasteiger partial charge in [-0.05, 0) is 30.5 Å². The Bertz CT molecular complexity index is 568. The van der Waals surface area contributed by atoms with Crippen LogP contribution in [-0.2, 0) is 6.42 Å². The molecule has 1 atom stereocenters. The molecule has 134 valence electrons. The number of halogens is 2. The highest BCUT2D eigenvalue weighted by atomic mass is 35.5. The number of unbranched alkanes of at least 4 members (excludes halogenated alkanes) is 4. The van der Waals surface area contributed by atoms with Gasteiger partial charge in [0.1, 0.15) is 0 Å². The third-order valence-electron chi connectivity index (χ3n) is 3.65. The molecule has 0 saturated heterocycles. The fourth-order valence-corrected chi connectivity index (χ4v) is 2.80. The predicted molar refractivity (Wildman–Crippen MR) is 105 cm³/mol. The van der Waals surface area contributed by atoms with Crippen LogP contribution in [0, 0.1) is 0 Å². The Hall–Kier alpha value is -1.46.